The number of hydrogen-bond donors (Lipinski definition) is 1. The van der Waals surface area contributed by atoms with Crippen LogP contribution in [0.1, 0.15) is 29.5 Å². The van der Waals surface area contributed by atoms with Gasteiger partial charge in [-0.05, 0) is 30.5 Å². The lowest BCUT2D eigenvalue weighted by molar-refractivity contribution is 0.346. The Labute approximate surface area is 158 Å². The van der Waals surface area contributed by atoms with Crippen molar-refractivity contribution in [2.24, 2.45) is 5.92 Å². The van der Waals surface area contributed by atoms with Gasteiger partial charge in [0.2, 0.25) is 0 Å². The number of nitrogens with one attached hydrogen (secondary N) is 1. The molecule has 2 aromatic rings. The second-order valence-corrected chi connectivity index (χ2v) is 7.25. The van der Waals surface area contributed by atoms with Gasteiger partial charge in [-0.3, -0.25) is 0 Å². The standard InChI is InChI=1S/C21H19Cl2NO/c1-2-12-25-18-9-4-3-6-15(18)20-14-8-5-7-13(14)19-16(22)10-11-17(23)21(19)24-20/h2-7,9-11,13-14,20,24H,1,8,12H2/t13-,14+,20-/m0/s1. The Bertz CT molecular complexity index is 846. The summed E-state index contributed by atoms with van der Waals surface area (Å²) in [5.41, 5.74) is 3.18. The van der Waals surface area contributed by atoms with Crippen LogP contribution in [0.15, 0.2) is 61.2 Å². The molecule has 3 atom stereocenters. The third-order valence-electron chi connectivity index (χ3n) is 5.03. The van der Waals surface area contributed by atoms with E-state index < -0.39 is 0 Å². The van der Waals surface area contributed by atoms with E-state index in [0.717, 1.165) is 34.0 Å². The van der Waals surface area contributed by atoms with Gasteiger partial charge in [-0.2, -0.15) is 0 Å². The van der Waals surface area contributed by atoms with Crippen LogP contribution in [0.25, 0.3) is 0 Å². The number of fused-ring (bicyclic) bond motifs is 3. The molecule has 0 fully saturated rings. The number of ether oxygens (including phenoxy) is 1. The first-order valence-electron chi connectivity index (χ1n) is 8.44. The molecule has 0 aromatic heterocycles. The van der Waals surface area contributed by atoms with Gasteiger partial charge in [0, 0.05) is 22.1 Å². The Morgan fingerprint density at radius 3 is 2.80 bits per heavy atom. The molecule has 1 N–H and O–H groups in total. The molecule has 0 bridgehead atoms. The van der Waals surface area contributed by atoms with Crippen molar-refractivity contribution in [3.05, 3.63) is 82.4 Å². The molecule has 1 aliphatic heterocycles. The number of halogens is 2. The smallest absolute Gasteiger partial charge is 0.125 e. The average molecular weight is 372 g/mol. The maximum absolute atomic E-state index is 6.51. The number of rotatable bonds is 4. The molecule has 4 rings (SSSR count). The van der Waals surface area contributed by atoms with E-state index in [0.29, 0.717) is 17.5 Å². The van der Waals surface area contributed by atoms with E-state index in [-0.39, 0.29) is 12.0 Å². The highest BCUT2D eigenvalue weighted by atomic mass is 35.5. The maximum Gasteiger partial charge on any atom is 0.125 e. The zero-order valence-corrected chi connectivity index (χ0v) is 15.2. The predicted octanol–water partition coefficient (Wildman–Crippen LogP) is 6.38. The van der Waals surface area contributed by atoms with Crippen LogP contribution in [0.2, 0.25) is 10.0 Å². The Balaban J connectivity index is 1.80. The highest BCUT2D eigenvalue weighted by Crippen LogP contribution is 2.54. The van der Waals surface area contributed by atoms with Crippen LogP contribution in [0, 0.1) is 5.92 Å². The van der Waals surface area contributed by atoms with E-state index in [9.17, 15) is 0 Å². The van der Waals surface area contributed by atoms with E-state index in [1.54, 1.807) is 6.08 Å². The molecule has 0 radical (unpaired) electrons. The van der Waals surface area contributed by atoms with Crippen LogP contribution in [0.5, 0.6) is 5.75 Å². The number of allylic oxidation sites excluding steroid dienone is 2. The minimum Gasteiger partial charge on any atom is -0.489 e. The summed E-state index contributed by atoms with van der Waals surface area (Å²) in [6.45, 7) is 4.22. The summed E-state index contributed by atoms with van der Waals surface area (Å²) in [5.74, 6) is 1.53. The topological polar surface area (TPSA) is 21.3 Å². The molecule has 0 saturated heterocycles. The zero-order chi connectivity index (χ0) is 17.4. The molecule has 2 aliphatic rings. The zero-order valence-electron chi connectivity index (χ0n) is 13.7. The fraction of sp³-hybridized carbons (Fsp3) is 0.238. The van der Waals surface area contributed by atoms with E-state index in [2.05, 4.69) is 30.1 Å². The van der Waals surface area contributed by atoms with Crippen molar-refractivity contribution in [3.63, 3.8) is 0 Å². The van der Waals surface area contributed by atoms with Crippen molar-refractivity contribution >= 4 is 28.9 Å². The maximum atomic E-state index is 6.51. The predicted molar refractivity (Wildman–Crippen MR) is 105 cm³/mol. The quantitative estimate of drug-likeness (QED) is 0.629. The van der Waals surface area contributed by atoms with Crippen LogP contribution in [0.3, 0.4) is 0 Å². The van der Waals surface area contributed by atoms with E-state index >= 15 is 0 Å². The SMILES string of the molecule is C=CCOc1ccccc1[C@H]1Nc2c(Cl)ccc(Cl)c2[C@H]2C=CC[C@H]21. The van der Waals surface area contributed by atoms with Crippen molar-refractivity contribution in [2.75, 3.05) is 11.9 Å². The van der Waals surface area contributed by atoms with Gasteiger partial charge in [0.15, 0.2) is 0 Å². The summed E-state index contributed by atoms with van der Waals surface area (Å²) >= 11 is 13.0. The van der Waals surface area contributed by atoms with Gasteiger partial charge in [0.05, 0.1) is 16.8 Å². The highest BCUT2D eigenvalue weighted by Gasteiger charge is 2.40. The Morgan fingerprint density at radius 1 is 1.16 bits per heavy atom. The third kappa shape index (κ3) is 2.84. The summed E-state index contributed by atoms with van der Waals surface area (Å²) in [4.78, 5) is 0. The number of para-hydroxylation sites is 1. The largest absolute Gasteiger partial charge is 0.489 e. The van der Waals surface area contributed by atoms with Crippen LogP contribution < -0.4 is 10.1 Å². The monoisotopic (exact) mass is 371 g/mol. The summed E-state index contributed by atoms with van der Waals surface area (Å²) in [6.07, 6.45) is 7.26. The van der Waals surface area contributed by atoms with Gasteiger partial charge >= 0.3 is 0 Å². The second-order valence-electron chi connectivity index (χ2n) is 6.43. The van der Waals surface area contributed by atoms with E-state index in [1.807, 2.05) is 30.3 Å². The molecule has 2 aromatic carbocycles. The van der Waals surface area contributed by atoms with E-state index in [1.165, 1.54) is 0 Å². The molecule has 0 saturated carbocycles. The first-order valence-corrected chi connectivity index (χ1v) is 9.20. The van der Waals surface area contributed by atoms with Crippen LogP contribution >= 0.6 is 23.2 Å². The molecule has 128 valence electrons. The van der Waals surface area contributed by atoms with Gasteiger partial charge in [-0.1, -0.05) is 66.2 Å². The Kier molecular flexibility index (Phi) is 4.49. The van der Waals surface area contributed by atoms with Crippen molar-refractivity contribution in [1.29, 1.82) is 0 Å². The minimum absolute atomic E-state index is 0.115. The van der Waals surface area contributed by atoms with Crippen molar-refractivity contribution in [2.45, 2.75) is 18.4 Å². The molecule has 0 unspecified atom stereocenters. The highest BCUT2D eigenvalue weighted by molar-refractivity contribution is 6.36. The number of hydrogen-bond acceptors (Lipinski definition) is 2. The van der Waals surface area contributed by atoms with Crippen LogP contribution in [-0.2, 0) is 0 Å². The van der Waals surface area contributed by atoms with E-state index in [4.69, 9.17) is 27.9 Å². The summed E-state index contributed by atoms with van der Waals surface area (Å²) in [7, 11) is 0. The molecule has 25 heavy (non-hydrogen) atoms. The third-order valence-corrected chi connectivity index (χ3v) is 5.67. The minimum atomic E-state index is 0.115. The summed E-state index contributed by atoms with van der Waals surface area (Å²) in [5, 5.41) is 5.12. The average Bonchev–Trinajstić information content (AvgIpc) is 3.12. The molecule has 1 heterocycles. The van der Waals surface area contributed by atoms with Crippen LogP contribution in [0.4, 0.5) is 5.69 Å². The van der Waals surface area contributed by atoms with Crippen molar-refractivity contribution < 1.29 is 4.74 Å². The molecule has 4 heteroatoms. The van der Waals surface area contributed by atoms with Crippen molar-refractivity contribution in [3.8, 4) is 5.75 Å². The first-order chi connectivity index (χ1) is 12.2. The fourth-order valence-corrected chi connectivity index (χ4v) is 4.46. The molecule has 1 aliphatic carbocycles. The molecule has 0 spiro atoms. The fourth-order valence-electron chi connectivity index (χ4n) is 3.95. The van der Waals surface area contributed by atoms with Crippen molar-refractivity contribution in [1.82, 2.24) is 0 Å². The van der Waals surface area contributed by atoms with Gasteiger partial charge in [-0.25, -0.2) is 0 Å². The number of benzene rings is 2. The molecular weight excluding hydrogens is 353 g/mol. The Hall–Kier alpha value is -1.90. The summed E-state index contributed by atoms with van der Waals surface area (Å²) < 4.78 is 5.89. The number of anilines is 1. The van der Waals surface area contributed by atoms with Crippen LogP contribution in [-0.4, -0.2) is 6.61 Å². The van der Waals surface area contributed by atoms with Gasteiger partial charge in [0.25, 0.3) is 0 Å². The van der Waals surface area contributed by atoms with Gasteiger partial charge in [0.1, 0.15) is 12.4 Å². The second kappa shape index (κ2) is 6.78. The Morgan fingerprint density at radius 2 is 1.96 bits per heavy atom. The lowest BCUT2D eigenvalue weighted by atomic mass is 9.77. The lowest BCUT2D eigenvalue weighted by Gasteiger charge is -2.38. The molecule has 2 nitrogen and oxygen atoms in total. The lowest BCUT2D eigenvalue weighted by Crippen LogP contribution is -2.30. The first kappa shape index (κ1) is 16.6. The van der Waals surface area contributed by atoms with Gasteiger partial charge in [-0.15, -0.1) is 0 Å². The molecule has 0 amide bonds. The normalized spacial score (nSPS) is 23.5. The summed E-state index contributed by atoms with van der Waals surface area (Å²) in [6, 6.07) is 12.0. The molecular formula is C21H19Cl2NO. The van der Waals surface area contributed by atoms with Gasteiger partial charge < -0.3 is 10.1 Å².